The topological polar surface area (TPSA) is 90.6 Å². The molecular weight excluding hydrogens is 486 g/mol. The Morgan fingerprint density at radius 2 is 1.84 bits per heavy atom. The number of methoxy groups -OCH3 is 1. The molecular formula is C28H29N5O3S. The third-order valence-electron chi connectivity index (χ3n) is 5.50. The van der Waals surface area contributed by atoms with Crippen LogP contribution in [-0.2, 0) is 17.9 Å². The van der Waals surface area contributed by atoms with E-state index >= 15 is 0 Å². The molecule has 0 spiro atoms. The highest BCUT2D eigenvalue weighted by atomic mass is 32.2. The van der Waals surface area contributed by atoms with Crippen molar-refractivity contribution in [3.63, 3.8) is 0 Å². The van der Waals surface area contributed by atoms with Gasteiger partial charge in [0, 0.05) is 12.1 Å². The van der Waals surface area contributed by atoms with E-state index in [-0.39, 0.29) is 11.7 Å². The zero-order valence-electron chi connectivity index (χ0n) is 21.0. The lowest BCUT2D eigenvalue weighted by Gasteiger charge is -2.11. The minimum absolute atomic E-state index is 0.166. The molecule has 0 saturated heterocycles. The van der Waals surface area contributed by atoms with Crippen molar-refractivity contribution in [3.05, 3.63) is 89.5 Å². The first-order valence-corrected chi connectivity index (χ1v) is 12.9. The highest BCUT2D eigenvalue weighted by Crippen LogP contribution is 2.28. The molecule has 1 amide bonds. The number of carbonyl (C=O) groups is 1. The van der Waals surface area contributed by atoms with Gasteiger partial charge in [-0.25, -0.2) is 5.43 Å². The van der Waals surface area contributed by atoms with Crippen molar-refractivity contribution in [2.75, 3.05) is 12.9 Å². The van der Waals surface area contributed by atoms with Crippen molar-refractivity contribution in [1.82, 2.24) is 20.2 Å². The SMILES string of the molecule is CCn1c(SCC(=O)N/N=C/c2ccc(OCc3ccccc3)c(OC)c2)nnc1-c1ccc(C)cc1. The second kappa shape index (κ2) is 12.7. The summed E-state index contributed by atoms with van der Waals surface area (Å²) in [4.78, 5) is 12.4. The van der Waals surface area contributed by atoms with Crippen molar-refractivity contribution in [2.24, 2.45) is 5.10 Å². The van der Waals surface area contributed by atoms with Gasteiger partial charge in [0.15, 0.2) is 22.5 Å². The number of ether oxygens (including phenoxy) is 2. The van der Waals surface area contributed by atoms with E-state index in [1.165, 1.54) is 17.3 Å². The molecule has 0 atom stereocenters. The number of nitrogens with zero attached hydrogens (tertiary/aromatic N) is 4. The maximum Gasteiger partial charge on any atom is 0.250 e. The Balaban J connectivity index is 1.31. The Bertz CT molecular complexity index is 1350. The van der Waals surface area contributed by atoms with E-state index in [2.05, 4.69) is 20.7 Å². The smallest absolute Gasteiger partial charge is 0.250 e. The van der Waals surface area contributed by atoms with E-state index in [4.69, 9.17) is 9.47 Å². The van der Waals surface area contributed by atoms with E-state index in [0.29, 0.717) is 29.8 Å². The predicted octanol–water partition coefficient (Wildman–Crippen LogP) is 5.10. The molecule has 0 aliphatic rings. The van der Waals surface area contributed by atoms with Crippen LogP contribution < -0.4 is 14.9 Å². The molecule has 4 rings (SSSR count). The maximum atomic E-state index is 12.4. The largest absolute Gasteiger partial charge is 0.493 e. The van der Waals surface area contributed by atoms with E-state index in [1.54, 1.807) is 19.4 Å². The summed E-state index contributed by atoms with van der Waals surface area (Å²) in [6, 6.07) is 23.5. The Labute approximate surface area is 220 Å². The summed E-state index contributed by atoms with van der Waals surface area (Å²) < 4.78 is 13.3. The summed E-state index contributed by atoms with van der Waals surface area (Å²) in [5.74, 6) is 1.94. The van der Waals surface area contributed by atoms with Gasteiger partial charge in [0.25, 0.3) is 5.91 Å². The summed E-state index contributed by atoms with van der Waals surface area (Å²) in [6.07, 6.45) is 1.57. The number of carbonyl (C=O) groups excluding carboxylic acids is 1. The summed E-state index contributed by atoms with van der Waals surface area (Å²) in [5, 5.41) is 13.4. The molecule has 0 unspecified atom stereocenters. The minimum atomic E-state index is -0.237. The average molecular weight is 516 g/mol. The fourth-order valence-corrected chi connectivity index (χ4v) is 4.35. The number of hydrogen-bond donors (Lipinski definition) is 1. The number of thioether (sulfide) groups is 1. The molecule has 4 aromatic rings. The number of hydrogen-bond acceptors (Lipinski definition) is 7. The van der Waals surface area contributed by atoms with Crippen LogP contribution in [0.2, 0.25) is 0 Å². The van der Waals surface area contributed by atoms with E-state index in [1.807, 2.05) is 85.1 Å². The van der Waals surface area contributed by atoms with Crippen molar-refractivity contribution in [2.45, 2.75) is 32.2 Å². The molecule has 1 N–H and O–H groups in total. The number of benzene rings is 3. The molecule has 37 heavy (non-hydrogen) atoms. The number of hydrazone groups is 1. The number of rotatable bonds is 11. The van der Waals surface area contributed by atoms with Gasteiger partial charge in [-0.2, -0.15) is 5.10 Å². The van der Waals surface area contributed by atoms with Crippen LogP contribution in [0.3, 0.4) is 0 Å². The maximum absolute atomic E-state index is 12.4. The number of amides is 1. The monoisotopic (exact) mass is 515 g/mol. The van der Waals surface area contributed by atoms with Crippen molar-refractivity contribution < 1.29 is 14.3 Å². The van der Waals surface area contributed by atoms with Crippen LogP contribution >= 0.6 is 11.8 Å². The lowest BCUT2D eigenvalue weighted by atomic mass is 10.1. The molecule has 9 heteroatoms. The molecule has 190 valence electrons. The Morgan fingerprint density at radius 3 is 2.57 bits per heavy atom. The number of aryl methyl sites for hydroxylation is 1. The van der Waals surface area contributed by atoms with Crippen LogP contribution in [0.4, 0.5) is 0 Å². The van der Waals surface area contributed by atoms with E-state index < -0.39 is 0 Å². The third-order valence-corrected chi connectivity index (χ3v) is 6.47. The van der Waals surface area contributed by atoms with Crippen LogP contribution in [0.1, 0.15) is 23.6 Å². The van der Waals surface area contributed by atoms with Crippen LogP contribution in [0.5, 0.6) is 11.5 Å². The van der Waals surface area contributed by atoms with Gasteiger partial charge in [0.05, 0.1) is 19.1 Å². The second-order valence-electron chi connectivity index (χ2n) is 8.18. The molecule has 0 fully saturated rings. The predicted molar refractivity (Wildman–Crippen MR) is 146 cm³/mol. The minimum Gasteiger partial charge on any atom is -0.493 e. The first kappa shape index (κ1) is 26.0. The van der Waals surface area contributed by atoms with Gasteiger partial charge in [-0.1, -0.05) is 71.9 Å². The Kier molecular flexibility index (Phi) is 8.93. The summed E-state index contributed by atoms with van der Waals surface area (Å²) >= 11 is 1.32. The van der Waals surface area contributed by atoms with Crippen LogP contribution in [-0.4, -0.2) is 39.7 Å². The van der Waals surface area contributed by atoms with Crippen LogP contribution in [0.15, 0.2) is 83.1 Å². The molecule has 0 aliphatic heterocycles. The molecule has 0 saturated carbocycles. The fraction of sp³-hybridized carbons (Fsp3) is 0.214. The molecule has 0 aliphatic carbocycles. The molecule has 1 aromatic heterocycles. The Hall–Kier alpha value is -4.11. The molecule has 1 heterocycles. The standard InChI is InChI=1S/C28H29N5O3S/c1-4-33-27(23-13-10-20(2)11-14-23)31-32-28(33)37-19-26(34)30-29-17-22-12-15-24(25(16-22)35-3)36-18-21-8-6-5-7-9-21/h5-17H,4,18-19H2,1-3H3,(H,30,34)/b29-17+. The van der Waals surface area contributed by atoms with Gasteiger partial charge in [-0.05, 0) is 43.2 Å². The van der Waals surface area contributed by atoms with E-state index in [9.17, 15) is 4.79 Å². The second-order valence-corrected chi connectivity index (χ2v) is 9.13. The van der Waals surface area contributed by atoms with Crippen molar-refractivity contribution in [3.8, 4) is 22.9 Å². The zero-order chi connectivity index (χ0) is 26.0. The summed E-state index contributed by atoms with van der Waals surface area (Å²) in [7, 11) is 1.59. The highest BCUT2D eigenvalue weighted by molar-refractivity contribution is 7.99. The molecule has 3 aromatic carbocycles. The first-order chi connectivity index (χ1) is 18.1. The van der Waals surface area contributed by atoms with Gasteiger partial charge in [0.2, 0.25) is 0 Å². The van der Waals surface area contributed by atoms with E-state index in [0.717, 1.165) is 22.5 Å². The van der Waals surface area contributed by atoms with Crippen LogP contribution in [0, 0.1) is 6.92 Å². The normalized spacial score (nSPS) is 11.0. The number of aromatic nitrogens is 3. The summed E-state index contributed by atoms with van der Waals surface area (Å²) in [6.45, 7) is 5.22. The van der Waals surface area contributed by atoms with Gasteiger partial charge in [-0.15, -0.1) is 10.2 Å². The third kappa shape index (κ3) is 6.98. The molecule has 0 bridgehead atoms. The average Bonchev–Trinajstić information content (AvgIpc) is 3.35. The van der Waals surface area contributed by atoms with Gasteiger partial charge >= 0.3 is 0 Å². The lowest BCUT2D eigenvalue weighted by Crippen LogP contribution is -2.20. The van der Waals surface area contributed by atoms with Crippen molar-refractivity contribution >= 4 is 23.9 Å². The first-order valence-electron chi connectivity index (χ1n) is 11.9. The summed E-state index contributed by atoms with van der Waals surface area (Å²) in [5.41, 5.74) is 6.58. The quantitative estimate of drug-likeness (QED) is 0.170. The highest BCUT2D eigenvalue weighted by Gasteiger charge is 2.14. The Morgan fingerprint density at radius 1 is 1.05 bits per heavy atom. The fourth-order valence-electron chi connectivity index (χ4n) is 3.56. The van der Waals surface area contributed by atoms with Gasteiger partial charge in [-0.3, -0.25) is 4.79 Å². The van der Waals surface area contributed by atoms with Gasteiger partial charge in [0.1, 0.15) is 6.61 Å². The molecule has 8 nitrogen and oxygen atoms in total. The lowest BCUT2D eigenvalue weighted by molar-refractivity contribution is -0.118. The van der Waals surface area contributed by atoms with Crippen LogP contribution in [0.25, 0.3) is 11.4 Å². The number of nitrogens with one attached hydrogen (secondary N) is 1. The van der Waals surface area contributed by atoms with Crippen molar-refractivity contribution in [1.29, 1.82) is 0 Å². The molecule has 0 radical (unpaired) electrons. The van der Waals surface area contributed by atoms with Gasteiger partial charge < -0.3 is 14.0 Å². The zero-order valence-corrected chi connectivity index (χ0v) is 21.9.